The fourth-order valence-electron chi connectivity index (χ4n) is 2.88. The van der Waals surface area contributed by atoms with E-state index in [-0.39, 0.29) is 23.1 Å². The van der Waals surface area contributed by atoms with E-state index in [0.717, 1.165) is 24.9 Å². The van der Waals surface area contributed by atoms with Crippen LogP contribution in [-0.2, 0) is 9.53 Å². The average molecular weight is 313 g/mol. The number of carbonyl (C=O) groups excluding carboxylic acids is 1. The summed E-state index contributed by atoms with van der Waals surface area (Å²) in [6.45, 7) is 2.47. The van der Waals surface area contributed by atoms with E-state index in [0.29, 0.717) is 19.7 Å². The maximum Gasteiger partial charge on any atom is 0.239 e. The highest BCUT2D eigenvalue weighted by molar-refractivity contribution is 6.30. The van der Waals surface area contributed by atoms with Crippen molar-refractivity contribution < 1.29 is 13.9 Å². The Morgan fingerprint density at radius 3 is 3.05 bits per heavy atom. The lowest BCUT2D eigenvalue weighted by Crippen LogP contribution is -2.49. The van der Waals surface area contributed by atoms with Gasteiger partial charge in [0.05, 0.1) is 24.2 Å². The molecule has 114 valence electrons. The summed E-state index contributed by atoms with van der Waals surface area (Å²) in [6, 6.07) is 4.50. The summed E-state index contributed by atoms with van der Waals surface area (Å²) in [5, 5.41) is 3.30. The Kier molecular flexibility index (Phi) is 4.42. The van der Waals surface area contributed by atoms with E-state index in [1.807, 2.05) is 4.90 Å². The molecule has 0 saturated carbocycles. The molecule has 1 aromatic carbocycles. The van der Waals surface area contributed by atoms with Crippen molar-refractivity contribution in [2.75, 3.05) is 26.2 Å². The van der Waals surface area contributed by atoms with Gasteiger partial charge in [0.15, 0.2) is 0 Å². The molecule has 2 aliphatic rings. The monoisotopic (exact) mass is 312 g/mol. The number of nitrogens with zero attached hydrogens (tertiary/aromatic N) is 1. The van der Waals surface area contributed by atoms with Crippen molar-refractivity contribution in [2.45, 2.75) is 25.0 Å². The van der Waals surface area contributed by atoms with E-state index in [4.69, 9.17) is 16.3 Å². The first-order chi connectivity index (χ1) is 10.1. The van der Waals surface area contributed by atoms with Crippen LogP contribution in [0.1, 0.15) is 24.5 Å². The molecule has 2 aliphatic heterocycles. The van der Waals surface area contributed by atoms with Crippen molar-refractivity contribution in [3.05, 3.63) is 34.6 Å². The van der Waals surface area contributed by atoms with E-state index in [9.17, 15) is 9.18 Å². The molecule has 1 amide bonds. The van der Waals surface area contributed by atoms with E-state index >= 15 is 0 Å². The SMILES string of the molecule is O=C(C1CCCN1)N1CCOC(c2ccc(F)c(Cl)c2)C1. The maximum absolute atomic E-state index is 13.2. The Hall–Kier alpha value is -1.17. The summed E-state index contributed by atoms with van der Waals surface area (Å²) in [6.07, 6.45) is 1.68. The van der Waals surface area contributed by atoms with Crippen LogP contribution in [0, 0.1) is 5.82 Å². The van der Waals surface area contributed by atoms with Crippen molar-refractivity contribution in [1.82, 2.24) is 10.2 Å². The number of nitrogens with one attached hydrogen (secondary N) is 1. The molecule has 0 aromatic heterocycles. The fraction of sp³-hybridized carbons (Fsp3) is 0.533. The highest BCUT2D eigenvalue weighted by Crippen LogP contribution is 2.26. The van der Waals surface area contributed by atoms with Crippen LogP contribution >= 0.6 is 11.6 Å². The predicted octanol–water partition coefficient (Wildman–Crippen LogP) is 2.13. The minimum atomic E-state index is -0.445. The smallest absolute Gasteiger partial charge is 0.239 e. The number of amides is 1. The highest BCUT2D eigenvalue weighted by atomic mass is 35.5. The molecule has 2 heterocycles. The van der Waals surface area contributed by atoms with E-state index in [2.05, 4.69) is 5.32 Å². The van der Waals surface area contributed by atoms with Crippen LogP contribution in [0.15, 0.2) is 18.2 Å². The lowest BCUT2D eigenvalue weighted by Gasteiger charge is -2.34. The summed E-state index contributed by atoms with van der Waals surface area (Å²) < 4.78 is 18.9. The van der Waals surface area contributed by atoms with Crippen LogP contribution in [0.5, 0.6) is 0 Å². The lowest BCUT2D eigenvalue weighted by molar-refractivity contribution is -0.140. The Morgan fingerprint density at radius 1 is 1.48 bits per heavy atom. The van der Waals surface area contributed by atoms with Gasteiger partial charge >= 0.3 is 0 Å². The summed E-state index contributed by atoms with van der Waals surface area (Å²) >= 11 is 5.81. The van der Waals surface area contributed by atoms with Crippen LogP contribution in [0.25, 0.3) is 0 Å². The molecule has 2 atom stereocenters. The Morgan fingerprint density at radius 2 is 2.33 bits per heavy atom. The molecule has 4 nitrogen and oxygen atoms in total. The number of hydrogen-bond donors (Lipinski definition) is 1. The van der Waals surface area contributed by atoms with Crippen molar-refractivity contribution in [2.24, 2.45) is 0 Å². The highest BCUT2D eigenvalue weighted by Gasteiger charge is 2.31. The molecule has 2 fully saturated rings. The molecule has 1 N–H and O–H groups in total. The van der Waals surface area contributed by atoms with Crippen LogP contribution < -0.4 is 5.32 Å². The van der Waals surface area contributed by atoms with Gasteiger partial charge in [-0.2, -0.15) is 0 Å². The largest absolute Gasteiger partial charge is 0.370 e. The summed E-state index contributed by atoms with van der Waals surface area (Å²) in [5.41, 5.74) is 0.804. The molecule has 0 radical (unpaired) electrons. The molecule has 6 heteroatoms. The molecule has 1 aromatic rings. The second kappa shape index (κ2) is 6.30. The molecule has 2 saturated heterocycles. The third-order valence-electron chi connectivity index (χ3n) is 4.05. The number of morpholine rings is 1. The zero-order valence-corrected chi connectivity index (χ0v) is 12.4. The molecular weight excluding hydrogens is 295 g/mol. The van der Waals surface area contributed by atoms with Crippen molar-refractivity contribution in [1.29, 1.82) is 0 Å². The second-order valence-electron chi connectivity index (χ2n) is 5.47. The third-order valence-corrected chi connectivity index (χ3v) is 4.34. The van der Waals surface area contributed by atoms with Crippen molar-refractivity contribution in [3.63, 3.8) is 0 Å². The van der Waals surface area contributed by atoms with Gasteiger partial charge in [-0.05, 0) is 37.1 Å². The molecule has 2 unspecified atom stereocenters. The number of halogens is 2. The topological polar surface area (TPSA) is 41.6 Å². The van der Waals surface area contributed by atoms with Gasteiger partial charge in [0, 0.05) is 6.54 Å². The Bertz CT molecular complexity index is 534. The maximum atomic E-state index is 13.2. The average Bonchev–Trinajstić information content (AvgIpc) is 3.04. The number of rotatable bonds is 2. The Labute approximate surface area is 128 Å². The normalized spacial score (nSPS) is 26.1. The summed E-state index contributed by atoms with van der Waals surface area (Å²) in [5.74, 6) is -0.312. The van der Waals surface area contributed by atoms with Gasteiger partial charge in [-0.15, -0.1) is 0 Å². The van der Waals surface area contributed by atoms with Crippen LogP contribution in [-0.4, -0.2) is 43.1 Å². The van der Waals surface area contributed by atoms with Gasteiger partial charge in [-0.25, -0.2) is 4.39 Å². The number of ether oxygens (including phenoxy) is 1. The molecule has 21 heavy (non-hydrogen) atoms. The van der Waals surface area contributed by atoms with E-state index < -0.39 is 5.82 Å². The van der Waals surface area contributed by atoms with Gasteiger partial charge in [0.1, 0.15) is 11.9 Å². The van der Waals surface area contributed by atoms with Crippen molar-refractivity contribution >= 4 is 17.5 Å². The zero-order chi connectivity index (χ0) is 14.8. The fourth-order valence-corrected chi connectivity index (χ4v) is 3.07. The standard InChI is InChI=1S/C15H18ClFN2O2/c16-11-8-10(3-4-12(11)17)14-9-19(6-7-21-14)15(20)13-2-1-5-18-13/h3-4,8,13-14,18H,1-2,5-7,9H2. The minimum Gasteiger partial charge on any atom is -0.370 e. The van der Waals surface area contributed by atoms with Crippen LogP contribution in [0.3, 0.4) is 0 Å². The Balaban J connectivity index is 1.70. The van der Waals surface area contributed by atoms with Gasteiger partial charge in [0.25, 0.3) is 0 Å². The van der Waals surface area contributed by atoms with Gasteiger partial charge in [0.2, 0.25) is 5.91 Å². The quantitative estimate of drug-likeness (QED) is 0.909. The summed E-state index contributed by atoms with van der Waals surface area (Å²) in [4.78, 5) is 14.2. The van der Waals surface area contributed by atoms with E-state index in [1.165, 1.54) is 6.07 Å². The molecule has 0 bridgehead atoms. The summed E-state index contributed by atoms with van der Waals surface area (Å²) in [7, 11) is 0. The van der Waals surface area contributed by atoms with Gasteiger partial charge in [-0.1, -0.05) is 17.7 Å². The number of carbonyl (C=O) groups is 1. The van der Waals surface area contributed by atoms with Crippen LogP contribution in [0.4, 0.5) is 4.39 Å². The predicted molar refractivity (Wildman–Crippen MR) is 77.7 cm³/mol. The van der Waals surface area contributed by atoms with Crippen LogP contribution in [0.2, 0.25) is 5.02 Å². The zero-order valence-electron chi connectivity index (χ0n) is 11.6. The minimum absolute atomic E-state index is 0.0689. The van der Waals surface area contributed by atoms with E-state index in [1.54, 1.807) is 12.1 Å². The number of benzene rings is 1. The first kappa shape index (κ1) is 14.8. The number of hydrogen-bond acceptors (Lipinski definition) is 3. The molecule has 0 aliphatic carbocycles. The third kappa shape index (κ3) is 3.20. The van der Waals surface area contributed by atoms with Gasteiger partial charge in [-0.3, -0.25) is 4.79 Å². The lowest BCUT2D eigenvalue weighted by atomic mass is 10.1. The van der Waals surface area contributed by atoms with Gasteiger partial charge < -0.3 is 15.0 Å². The second-order valence-corrected chi connectivity index (χ2v) is 5.87. The van der Waals surface area contributed by atoms with Crippen molar-refractivity contribution in [3.8, 4) is 0 Å². The molecular formula is C15H18ClFN2O2. The first-order valence-corrected chi connectivity index (χ1v) is 7.61. The molecule has 3 rings (SSSR count). The molecule has 0 spiro atoms. The first-order valence-electron chi connectivity index (χ1n) is 7.24.